The van der Waals surface area contributed by atoms with Crippen molar-refractivity contribution in [3.63, 3.8) is 0 Å². The van der Waals surface area contributed by atoms with Crippen molar-refractivity contribution in [2.24, 2.45) is 0 Å². The van der Waals surface area contributed by atoms with Crippen LogP contribution in [-0.2, 0) is 17.8 Å². The zero-order chi connectivity index (χ0) is 18.5. The number of nitrogens with one attached hydrogen (secondary N) is 1. The Kier molecular flexibility index (Phi) is 6.12. The Morgan fingerprint density at radius 2 is 2.15 bits per heavy atom. The number of thiophene rings is 1. The number of carbonyl (C=O) groups is 1. The van der Waals surface area contributed by atoms with Gasteiger partial charge in [0.25, 0.3) is 0 Å². The van der Waals surface area contributed by atoms with E-state index in [1.165, 1.54) is 11.1 Å². The maximum Gasteiger partial charge on any atom is 0.220 e. The minimum atomic E-state index is 0.0459. The fourth-order valence-corrected chi connectivity index (χ4v) is 3.94. The Morgan fingerprint density at radius 1 is 1.31 bits per heavy atom. The van der Waals surface area contributed by atoms with Gasteiger partial charge in [-0.25, -0.2) is 0 Å². The van der Waals surface area contributed by atoms with Crippen molar-refractivity contribution in [3.8, 4) is 11.1 Å². The molecule has 1 aromatic carbocycles. The second kappa shape index (κ2) is 8.52. The summed E-state index contributed by atoms with van der Waals surface area (Å²) in [6.07, 6.45) is 1.15. The highest BCUT2D eigenvalue weighted by Crippen LogP contribution is 2.28. The molecule has 0 saturated heterocycles. The van der Waals surface area contributed by atoms with Gasteiger partial charge in [0.1, 0.15) is 0 Å². The number of aromatic nitrogens is 2. The number of hydrogen-bond acceptors (Lipinski definition) is 3. The van der Waals surface area contributed by atoms with Crippen LogP contribution in [0.1, 0.15) is 23.4 Å². The summed E-state index contributed by atoms with van der Waals surface area (Å²) < 4.78 is 1.97. The molecule has 0 aliphatic rings. The first-order valence-electron chi connectivity index (χ1n) is 8.62. The molecule has 0 bridgehead atoms. The second-order valence-corrected chi connectivity index (χ2v) is 7.48. The summed E-state index contributed by atoms with van der Waals surface area (Å²) in [5.41, 5.74) is 5.63. The molecule has 1 N–H and O–H groups in total. The molecule has 0 fully saturated rings. The first kappa shape index (κ1) is 18.7. The van der Waals surface area contributed by atoms with Gasteiger partial charge in [-0.05, 0) is 60.4 Å². The number of hydrogen-bond donors (Lipinski definition) is 1. The lowest BCUT2D eigenvalue weighted by Gasteiger charge is -2.08. The van der Waals surface area contributed by atoms with Gasteiger partial charge in [-0.3, -0.25) is 9.48 Å². The van der Waals surface area contributed by atoms with E-state index >= 15 is 0 Å². The van der Waals surface area contributed by atoms with E-state index in [2.05, 4.69) is 34.2 Å². The van der Waals surface area contributed by atoms with Gasteiger partial charge >= 0.3 is 0 Å². The Morgan fingerprint density at radius 3 is 2.88 bits per heavy atom. The van der Waals surface area contributed by atoms with Crippen LogP contribution in [0.25, 0.3) is 11.1 Å². The van der Waals surface area contributed by atoms with E-state index in [0.29, 0.717) is 31.0 Å². The average Bonchev–Trinajstić information content (AvgIpc) is 3.21. The van der Waals surface area contributed by atoms with E-state index < -0.39 is 0 Å². The maximum absolute atomic E-state index is 12.1. The first-order chi connectivity index (χ1) is 12.5. The highest BCUT2D eigenvalue weighted by molar-refractivity contribution is 7.08. The van der Waals surface area contributed by atoms with Crippen LogP contribution in [-0.4, -0.2) is 22.2 Å². The highest BCUT2D eigenvalue weighted by atomic mass is 35.5. The van der Waals surface area contributed by atoms with Crippen LogP contribution < -0.4 is 5.32 Å². The third kappa shape index (κ3) is 4.54. The Hall–Kier alpha value is -2.11. The quantitative estimate of drug-likeness (QED) is 0.642. The van der Waals surface area contributed by atoms with Crippen molar-refractivity contribution in [1.82, 2.24) is 15.1 Å². The predicted octanol–water partition coefficient (Wildman–Crippen LogP) is 4.63. The fraction of sp³-hybridized carbons (Fsp3) is 0.300. The molecule has 3 rings (SSSR count). The standard InChI is InChI=1S/C20H22ClN3OS/c1-14-20(17-8-11-26-13-17)15(2)24(23-14)10-9-22-19(25)7-6-16-4-3-5-18(21)12-16/h3-5,8,11-13H,6-7,9-10H2,1-2H3,(H,22,25). The van der Waals surface area contributed by atoms with Crippen molar-refractivity contribution in [3.05, 3.63) is 63.1 Å². The molecule has 1 amide bonds. The van der Waals surface area contributed by atoms with Crippen LogP contribution in [0.2, 0.25) is 5.02 Å². The summed E-state index contributed by atoms with van der Waals surface area (Å²) in [6, 6.07) is 9.74. The van der Waals surface area contributed by atoms with E-state index in [0.717, 1.165) is 17.0 Å². The van der Waals surface area contributed by atoms with Gasteiger partial charge in [0, 0.05) is 29.2 Å². The van der Waals surface area contributed by atoms with Crippen molar-refractivity contribution in [2.45, 2.75) is 33.2 Å². The number of carbonyl (C=O) groups excluding carboxylic acids is 1. The van der Waals surface area contributed by atoms with Gasteiger partial charge in [-0.1, -0.05) is 23.7 Å². The molecule has 2 aromatic heterocycles. The molecule has 26 heavy (non-hydrogen) atoms. The molecule has 0 spiro atoms. The van der Waals surface area contributed by atoms with E-state index in [9.17, 15) is 4.79 Å². The Labute approximate surface area is 162 Å². The molecular formula is C20H22ClN3OS. The van der Waals surface area contributed by atoms with Crippen molar-refractivity contribution in [2.75, 3.05) is 6.54 Å². The smallest absolute Gasteiger partial charge is 0.220 e. The largest absolute Gasteiger partial charge is 0.354 e. The third-order valence-electron chi connectivity index (χ3n) is 4.37. The topological polar surface area (TPSA) is 46.9 Å². The molecule has 6 heteroatoms. The average molecular weight is 388 g/mol. The van der Waals surface area contributed by atoms with Crippen LogP contribution >= 0.6 is 22.9 Å². The predicted molar refractivity (Wildman–Crippen MR) is 108 cm³/mol. The Balaban J connectivity index is 1.50. The minimum Gasteiger partial charge on any atom is -0.354 e. The van der Waals surface area contributed by atoms with Crippen LogP contribution in [0.15, 0.2) is 41.1 Å². The summed E-state index contributed by atoms with van der Waals surface area (Å²) in [6.45, 7) is 5.34. The number of benzene rings is 1. The number of rotatable bonds is 7. The summed E-state index contributed by atoms with van der Waals surface area (Å²) in [4.78, 5) is 12.1. The van der Waals surface area contributed by atoms with Crippen molar-refractivity contribution in [1.29, 1.82) is 0 Å². The molecular weight excluding hydrogens is 366 g/mol. The molecule has 2 heterocycles. The summed E-state index contributed by atoms with van der Waals surface area (Å²) in [5.74, 6) is 0.0459. The summed E-state index contributed by atoms with van der Waals surface area (Å²) in [7, 11) is 0. The number of amides is 1. The summed E-state index contributed by atoms with van der Waals surface area (Å²) >= 11 is 7.65. The molecule has 0 unspecified atom stereocenters. The molecule has 0 radical (unpaired) electrons. The van der Waals surface area contributed by atoms with Gasteiger partial charge in [-0.15, -0.1) is 0 Å². The lowest BCUT2D eigenvalue weighted by Crippen LogP contribution is -2.28. The monoisotopic (exact) mass is 387 g/mol. The van der Waals surface area contributed by atoms with Crippen LogP contribution in [0, 0.1) is 13.8 Å². The Bertz CT molecular complexity index is 887. The van der Waals surface area contributed by atoms with Crippen molar-refractivity contribution >= 4 is 28.8 Å². The van der Waals surface area contributed by atoms with Gasteiger partial charge < -0.3 is 5.32 Å². The minimum absolute atomic E-state index is 0.0459. The van der Waals surface area contributed by atoms with Gasteiger partial charge in [0.15, 0.2) is 0 Å². The van der Waals surface area contributed by atoms with Gasteiger partial charge in [0.2, 0.25) is 5.91 Å². The zero-order valence-electron chi connectivity index (χ0n) is 15.0. The van der Waals surface area contributed by atoms with E-state index in [1.807, 2.05) is 35.9 Å². The zero-order valence-corrected chi connectivity index (χ0v) is 16.5. The van der Waals surface area contributed by atoms with Crippen molar-refractivity contribution < 1.29 is 4.79 Å². The lowest BCUT2D eigenvalue weighted by molar-refractivity contribution is -0.121. The SMILES string of the molecule is Cc1nn(CCNC(=O)CCc2cccc(Cl)c2)c(C)c1-c1ccsc1. The second-order valence-electron chi connectivity index (χ2n) is 6.26. The summed E-state index contributed by atoms with van der Waals surface area (Å²) in [5, 5.41) is 12.5. The highest BCUT2D eigenvalue weighted by Gasteiger charge is 2.13. The van der Waals surface area contributed by atoms with E-state index in [-0.39, 0.29) is 5.91 Å². The van der Waals surface area contributed by atoms with Crippen LogP contribution in [0.4, 0.5) is 0 Å². The molecule has 4 nitrogen and oxygen atoms in total. The molecule has 136 valence electrons. The third-order valence-corrected chi connectivity index (χ3v) is 5.29. The normalized spacial score (nSPS) is 10.9. The molecule has 0 saturated carbocycles. The molecule has 0 aliphatic carbocycles. The van der Waals surface area contributed by atoms with Gasteiger partial charge in [0.05, 0.1) is 12.2 Å². The fourth-order valence-electron chi connectivity index (χ4n) is 3.08. The lowest BCUT2D eigenvalue weighted by atomic mass is 10.1. The molecule has 0 atom stereocenters. The maximum atomic E-state index is 12.1. The number of halogens is 1. The number of nitrogens with zero attached hydrogens (tertiary/aromatic N) is 2. The number of aryl methyl sites for hydroxylation is 2. The first-order valence-corrected chi connectivity index (χ1v) is 9.94. The van der Waals surface area contributed by atoms with Gasteiger partial charge in [-0.2, -0.15) is 16.4 Å². The van der Waals surface area contributed by atoms with E-state index in [4.69, 9.17) is 11.6 Å². The van der Waals surface area contributed by atoms with Crippen LogP contribution in [0.3, 0.4) is 0 Å². The van der Waals surface area contributed by atoms with Crippen LogP contribution in [0.5, 0.6) is 0 Å². The molecule has 3 aromatic rings. The molecule has 0 aliphatic heterocycles. The van der Waals surface area contributed by atoms with E-state index in [1.54, 1.807) is 11.3 Å².